The highest BCUT2D eigenvalue weighted by Crippen LogP contribution is 2.29. The highest BCUT2D eigenvalue weighted by molar-refractivity contribution is 9.10. The summed E-state index contributed by atoms with van der Waals surface area (Å²) in [5.41, 5.74) is 7.80. The van der Waals surface area contributed by atoms with Crippen LogP contribution in [0.4, 0.5) is 5.69 Å². The number of imide groups is 1. The molecule has 0 saturated carbocycles. The van der Waals surface area contributed by atoms with E-state index in [2.05, 4.69) is 15.9 Å². The SMILES string of the molecule is CN1C(=O)c2cc(CC(=O)c3ccc(Br)cc3)cc(N)c2C1=O. The number of anilines is 1. The van der Waals surface area contributed by atoms with Gasteiger partial charge in [0, 0.05) is 29.2 Å². The Morgan fingerprint density at radius 1 is 1.13 bits per heavy atom. The van der Waals surface area contributed by atoms with Gasteiger partial charge in [0.05, 0.1) is 11.1 Å². The summed E-state index contributed by atoms with van der Waals surface area (Å²) in [6, 6.07) is 10.2. The first-order valence-corrected chi connectivity index (χ1v) is 7.71. The van der Waals surface area contributed by atoms with Crippen LogP contribution in [0.2, 0.25) is 0 Å². The molecule has 116 valence electrons. The molecule has 2 aromatic carbocycles. The van der Waals surface area contributed by atoms with E-state index in [0.717, 1.165) is 9.37 Å². The summed E-state index contributed by atoms with van der Waals surface area (Å²) in [4.78, 5) is 37.4. The van der Waals surface area contributed by atoms with Crippen LogP contribution in [0.25, 0.3) is 0 Å². The molecule has 5 nitrogen and oxygen atoms in total. The number of benzene rings is 2. The van der Waals surface area contributed by atoms with Crippen molar-refractivity contribution >= 4 is 39.2 Å². The van der Waals surface area contributed by atoms with Gasteiger partial charge in [-0.25, -0.2) is 0 Å². The number of nitrogens with two attached hydrogens (primary N) is 1. The molecule has 3 rings (SSSR count). The van der Waals surface area contributed by atoms with Crippen molar-refractivity contribution in [2.24, 2.45) is 0 Å². The van der Waals surface area contributed by atoms with E-state index in [4.69, 9.17) is 5.73 Å². The molecule has 0 unspecified atom stereocenters. The average molecular weight is 373 g/mol. The molecule has 6 heteroatoms. The minimum Gasteiger partial charge on any atom is -0.398 e. The predicted molar refractivity (Wildman–Crippen MR) is 89.5 cm³/mol. The third-order valence-electron chi connectivity index (χ3n) is 3.81. The van der Waals surface area contributed by atoms with Crippen LogP contribution < -0.4 is 5.73 Å². The van der Waals surface area contributed by atoms with Crippen molar-refractivity contribution in [2.45, 2.75) is 6.42 Å². The Bertz CT molecular complexity index is 844. The van der Waals surface area contributed by atoms with Gasteiger partial charge in [0.2, 0.25) is 0 Å². The molecule has 0 aromatic heterocycles. The molecular weight excluding hydrogens is 360 g/mol. The van der Waals surface area contributed by atoms with E-state index in [0.29, 0.717) is 11.1 Å². The van der Waals surface area contributed by atoms with Gasteiger partial charge >= 0.3 is 0 Å². The zero-order chi connectivity index (χ0) is 16.7. The smallest absolute Gasteiger partial charge is 0.263 e. The largest absolute Gasteiger partial charge is 0.398 e. The number of rotatable bonds is 3. The molecule has 0 spiro atoms. The van der Waals surface area contributed by atoms with Crippen LogP contribution in [-0.4, -0.2) is 29.5 Å². The molecule has 0 atom stereocenters. The van der Waals surface area contributed by atoms with Crippen molar-refractivity contribution in [3.8, 4) is 0 Å². The Morgan fingerprint density at radius 3 is 2.43 bits per heavy atom. The van der Waals surface area contributed by atoms with Crippen molar-refractivity contribution in [1.29, 1.82) is 0 Å². The lowest BCUT2D eigenvalue weighted by atomic mass is 9.98. The first kappa shape index (κ1) is 15.4. The fourth-order valence-electron chi connectivity index (χ4n) is 2.60. The van der Waals surface area contributed by atoms with E-state index in [1.807, 2.05) is 0 Å². The summed E-state index contributed by atoms with van der Waals surface area (Å²) in [6.07, 6.45) is 0.115. The predicted octanol–water partition coefficient (Wildman–Crippen LogP) is 2.68. The number of nitrogen functional groups attached to an aromatic ring is 1. The standard InChI is InChI=1S/C17H13BrN2O3/c1-20-16(22)12-6-9(7-13(19)15(12)17(20)23)8-14(21)10-2-4-11(18)5-3-10/h2-7H,8,19H2,1H3. The van der Waals surface area contributed by atoms with Crippen molar-refractivity contribution in [3.05, 3.63) is 63.1 Å². The molecule has 1 heterocycles. The Morgan fingerprint density at radius 2 is 1.78 bits per heavy atom. The number of carbonyl (C=O) groups excluding carboxylic acids is 3. The van der Waals surface area contributed by atoms with Crippen molar-refractivity contribution in [3.63, 3.8) is 0 Å². The van der Waals surface area contributed by atoms with Crippen LogP contribution in [0, 0.1) is 0 Å². The van der Waals surface area contributed by atoms with Gasteiger partial charge in [-0.05, 0) is 29.8 Å². The molecule has 0 bridgehead atoms. The fourth-order valence-corrected chi connectivity index (χ4v) is 2.86. The van der Waals surface area contributed by atoms with E-state index in [9.17, 15) is 14.4 Å². The zero-order valence-electron chi connectivity index (χ0n) is 12.3. The molecule has 1 aliphatic rings. The number of ketones is 1. The molecule has 0 radical (unpaired) electrons. The molecule has 1 aliphatic heterocycles. The van der Waals surface area contributed by atoms with Gasteiger partial charge in [0.15, 0.2) is 5.78 Å². The van der Waals surface area contributed by atoms with Gasteiger partial charge in [0.25, 0.3) is 11.8 Å². The summed E-state index contributed by atoms with van der Waals surface area (Å²) >= 11 is 3.32. The Labute approximate surface area is 141 Å². The second-order valence-corrected chi connectivity index (χ2v) is 6.30. The molecular formula is C17H13BrN2O3. The topological polar surface area (TPSA) is 80.5 Å². The number of halogens is 1. The normalized spacial score (nSPS) is 13.4. The molecule has 0 fully saturated rings. The van der Waals surface area contributed by atoms with Gasteiger partial charge < -0.3 is 5.73 Å². The van der Waals surface area contributed by atoms with Gasteiger partial charge in [-0.2, -0.15) is 0 Å². The maximum Gasteiger partial charge on any atom is 0.263 e. The lowest BCUT2D eigenvalue weighted by molar-refractivity contribution is 0.0693. The van der Waals surface area contributed by atoms with Crippen LogP contribution in [0.15, 0.2) is 40.9 Å². The zero-order valence-corrected chi connectivity index (χ0v) is 13.9. The van der Waals surface area contributed by atoms with Crippen molar-refractivity contribution < 1.29 is 14.4 Å². The van der Waals surface area contributed by atoms with Gasteiger partial charge in [-0.3, -0.25) is 19.3 Å². The number of nitrogens with zero attached hydrogens (tertiary/aromatic N) is 1. The monoisotopic (exact) mass is 372 g/mol. The Hall–Kier alpha value is -2.47. The molecule has 2 amide bonds. The second kappa shape index (κ2) is 5.62. The maximum absolute atomic E-state index is 12.3. The summed E-state index contributed by atoms with van der Waals surface area (Å²) in [7, 11) is 1.41. The van der Waals surface area contributed by atoms with Crippen LogP contribution in [0.5, 0.6) is 0 Å². The first-order chi connectivity index (χ1) is 10.9. The van der Waals surface area contributed by atoms with Crippen LogP contribution >= 0.6 is 15.9 Å². The maximum atomic E-state index is 12.3. The van der Waals surface area contributed by atoms with Gasteiger partial charge in [-0.1, -0.05) is 28.1 Å². The van der Waals surface area contributed by atoms with E-state index in [-0.39, 0.29) is 29.0 Å². The lowest BCUT2D eigenvalue weighted by Gasteiger charge is -2.06. The number of fused-ring (bicyclic) bond motifs is 1. The van der Waals surface area contributed by atoms with E-state index in [1.165, 1.54) is 7.05 Å². The summed E-state index contributed by atoms with van der Waals surface area (Å²) in [5, 5.41) is 0. The van der Waals surface area contributed by atoms with E-state index in [1.54, 1.807) is 36.4 Å². The summed E-state index contributed by atoms with van der Waals surface area (Å²) < 4.78 is 0.892. The van der Waals surface area contributed by atoms with Crippen molar-refractivity contribution in [1.82, 2.24) is 4.90 Å². The summed E-state index contributed by atoms with van der Waals surface area (Å²) in [5.74, 6) is -0.884. The number of hydrogen-bond acceptors (Lipinski definition) is 4. The van der Waals surface area contributed by atoms with E-state index < -0.39 is 11.8 Å². The Kier molecular flexibility index (Phi) is 3.77. The van der Waals surface area contributed by atoms with E-state index >= 15 is 0 Å². The van der Waals surface area contributed by atoms with Crippen LogP contribution in [-0.2, 0) is 6.42 Å². The fraction of sp³-hybridized carbons (Fsp3) is 0.118. The van der Waals surface area contributed by atoms with Crippen LogP contribution in [0.1, 0.15) is 36.6 Å². The first-order valence-electron chi connectivity index (χ1n) is 6.92. The van der Waals surface area contributed by atoms with Crippen molar-refractivity contribution in [2.75, 3.05) is 12.8 Å². The van der Waals surface area contributed by atoms with Gasteiger partial charge in [0.1, 0.15) is 0 Å². The van der Waals surface area contributed by atoms with Crippen LogP contribution in [0.3, 0.4) is 0 Å². The van der Waals surface area contributed by atoms with Gasteiger partial charge in [-0.15, -0.1) is 0 Å². The molecule has 0 saturated heterocycles. The highest BCUT2D eigenvalue weighted by Gasteiger charge is 2.35. The third kappa shape index (κ3) is 2.66. The molecule has 2 N–H and O–H groups in total. The number of carbonyl (C=O) groups is 3. The quantitative estimate of drug-likeness (QED) is 0.510. The lowest BCUT2D eigenvalue weighted by Crippen LogP contribution is -2.24. The Balaban J connectivity index is 1.92. The average Bonchev–Trinajstić information content (AvgIpc) is 2.73. The minimum atomic E-state index is -0.409. The third-order valence-corrected chi connectivity index (χ3v) is 4.34. The molecule has 2 aromatic rings. The minimum absolute atomic E-state index is 0.0815. The molecule has 0 aliphatic carbocycles. The summed E-state index contributed by atoms with van der Waals surface area (Å²) in [6.45, 7) is 0. The highest BCUT2D eigenvalue weighted by atomic mass is 79.9. The number of hydrogen-bond donors (Lipinski definition) is 1. The number of Topliss-reactive ketones (excluding diaryl/α,β-unsaturated/α-hetero) is 1. The molecule has 23 heavy (non-hydrogen) atoms. The number of amides is 2. The second-order valence-electron chi connectivity index (χ2n) is 5.38.